The van der Waals surface area contributed by atoms with Gasteiger partial charge in [-0.3, -0.25) is 0 Å². The molecule has 0 aromatic heterocycles. The Kier molecular flexibility index (Phi) is 3.72. The number of carbonyl (C=O) groups is 1. The van der Waals surface area contributed by atoms with E-state index in [0.717, 1.165) is 41.4 Å². The van der Waals surface area contributed by atoms with Crippen LogP contribution in [0.3, 0.4) is 0 Å². The van der Waals surface area contributed by atoms with Gasteiger partial charge in [0.15, 0.2) is 0 Å². The molecule has 0 amide bonds. The Morgan fingerprint density at radius 1 is 1.44 bits per heavy atom. The molecular weight excluding hydrogens is 252 g/mol. The van der Waals surface area contributed by atoms with Gasteiger partial charge in [0.05, 0.1) is 12.1 Å². The number of allylic oxidation sites excluding steroid dienone is 2. The van der Waals surface area contributed by atoms with Crippen LogP contribution in [0.2, 0.25) is 0 Å². The quantitative estimate of drug-likeness (QED) is 0.853. The Hall–Kier alpha value is -1.74. The summed E-state index contributed by atoms with van der Waals surface area (Å²) >= 11 is 6.29. The molecule has 2 rings (SSSR count). The van der Waals surface area contributed by atoms with Crippen LogP contribution >= 0.6 is 11.6 Å². The van der Waals surface area contributed by atoms with Crippen molar-refractivity contribution in [3.05, 3.63) is 47.1 Å². The molecule has 1 aromatic carbocycles. The third kappa shape index (κ3) is 2.57. The summed E-state index contributed by atoms with van der Waals surface area (Å²) in [5, 5.41) is 9.25. The summed E-state index contributed by atoms with van der Waals surface area (Å²) in [6.45, 7) is 0. The zero-order chi connectivity index (χ0) is 13.1. The predicted octanol–water partition coefficient (Wildman–Crippen LogP) is 3.23. The minimum Gasteiger partial charge on any atom is -0.497 e. The Morgan fingerprint density at radius 3 is 2.89 bits per heavy atom. The summed E-state index contributed by atoms with van der Waals surface area (Å²) in [5.74, 6) is -0.157. The number of ether oxygens (including phenoxy) is 1. The summed E-state index contributed by atoms with van der Waals surface area (Å²) in [7, 11) is 1.63. The molecule has 0 atom stereocenters. The third-order valence-electron chi connectivity index (χ3n) is 2.92. The molecule has 1 aromatic rings. The average Bonchev–Trinajstić information content (AvgIpc) is 2.37. The van der Waals surface area contributed by atoms with E-state index in [-0.39, 0.29) is 0 Å². The van der Waals surface area contributed by atoms with Gasteiger partial charge in [0.25, 0.3) is 0 Å². The number of carboxylic acids is 1. The minimum atomic E-state index is -0.965. The number of aliphatic carboxylic acids is 1. The number of aryl methyl sites for hydroxylation is 1. The van der Waals surface area contributed by atoms with Crippen LogP contribution < -0.4 is 4.74 Å². The number of benzene rings is 1. The number of hydrogen-bond donors (Lipinski definition) is 1. The molecule has 0 spiro atoms. The van der Waals surface area contributed by atoms with Gasteiger partial charge in [0.2, 0.25) is 0 Å². The second kappa shape index (κ2) is 5.27. The maximum absolute atomic E-state index is 10.5. The fourth-order valence-corrected chi connectivity index (χ4v) is 2.34. The van der Waals surface area contributed by atoms with Gasteiger partial charge >= 0.3 is 5.97 Å². The largest absolute Gasteiger partial charge is 0.497 e. The van der Waals surface area contributed by atoms with Crippen molar-refractivity contribution >= 4 is 22.6 Å². The van der Waals surface area contributed by atoms with Crippen molar-refractivity contribution in [3.63, 3.8) is 0 Å². The molecule has 0 radical (unpaired) electrons. The molecule has 1 aliphatic carbocycles. The summed E-state index contributed by atoms with van der Waals surface area (Å²) in [6.07, 6.45) is 4.26. The normalized spacial score (nSPS) is 14.8. The number of carboxylic acid groups (broad SMARTS) is 1. The Morgan fingerprint density at radius 2 is 2.22 bits per heavy atom. The van der Waals surface area contributed by atoms with Crippen molar-refractivity contribution in [3.8, 4) is 5.75 Å². The summed E-state index contributed by atoms with van der Waals surface area (Å²) < 4.78 is 5.17. The van der Waals surface area contributed by atoms with Gasteiger partial charge in [0.1, 0.15) is 5.75 Å². The average molecular weight is 265 g/mol. The highest BCUT2D eigenvalue weighted by atomic mass is 35.5. The lowest BCUT2D eigenvalue weighted by Gasteiger charge is -2.18. The molecular formula is C14H13ClO3. The predicted molar refractivity (Wildman–Crippen MR) is 70.9 cm³/mol. The van der Waals surface area contributed by atoms with E-state index in [0.29, 0.717) is 5.03 Å². The fraction of sp³-hybridized carbons (Fsp3) is 0.214. The van der Waals surface area contributed by atoms with Crippen LogP contribution in [0.1, 0.15) is 17.5 Å². The first kappa shape index (κ1) is 12.7. The Labute approximate surface area is 110 Å². The molecule has 18 heavy (non-hydrogen) atoms. The van der Waals surface area contributed by atoms with Crippen LogP contribution in [0.25, 0.3) is 5.03 Å². The molecule has 0 saturated heterocycles. The van der Waals surface area contributed by atoms with Crippen LogP contribution in [-0.4, -0.2) is 18.2 Å². The van der Waals surface area contributed by atoms with Crippen molar-refractivity contribution in [2.45, 2.75) is 12.8 Å². The highest BCUT2D eigenvalue weighted by Gasteiger charge is 2.16. The van der Waals surface area contributed by atoms with Gasteiger partial charge in [-0.15, -0.1) is 0 Å². The van der Waals surface area contributed by atoms with E-state index in [2.05, 4.69) is 0 Å². The van der Waals surface area contributed by atoms with Gasteiger partial charge in [-0.2, -0.15) is 0 Å². The van der Waals surface area contributed by atoms with Crippen LogP contribution in [0.15, 0.2) is 35.9 Å². The molecule has 0 fully saturated rings. The zero-order valence-corrected chi connectivity index (χ0v) is 10.7. The van der Waals surface area contributed by atoms with Crippen molar-refractivity contribution in [2.24, 2.45) is 0 Å². The second-order valence-corrected chi connectivity index (χ2v) is 4.41. The summed E-state index contributed by atoms with van der Waals surface area (Å²) in [6, 6.07) is 5.73. The molecule has 0 unspecified atom stereocenters. The molecule has 4 heteroatoms. The highest BCUT2D eigenvalue weighted by Crippen LogP contribution is 2.36. The Balaban J connectivity index is 2.38. The standard InChI is InChI=1S/C14H13ClO3/c1-18-11-5-6-12-10(8-11)3-2-9(14(12)15)4-7-13(16)17/h4-8H,2-3H2,1H3,(H,16,17)/b7-4+. The first-order valence-electron chi connectivity index (χ1n) is 5.58. The van der Waals surface area contributed by atoms with Gasteiger partial charge in [-0.05, 0) is 47.7 Å². The van der Waals surface area contributed by atoms with E-state index < -0.39 is 5.97 Å². The number of halogens is 1. The van der Waals surface area contributed by atoms with E-state index in [1.54, 1.807) is 13.2 Å². The lowest BCUT2D eigenvalue weighted by molar-refractivity contribution is -0.131. The van der Waals surface area contributed by atoms with Crippen LogP contribution in [0, 0.1) is 0 Å². The van der Waals surface area contributed by atoms with Crippen molar-refractivity contribution in [1.29, 1.82) is 0 Å². The van der Waals surface area contributed by atoms with Gasteiger partial charge in [0, 0.05) is 6.08 Å². The highest BCUT2D eigenvalue weighted by molar-refractivity contribution is 6.49. The lowest BCUT2D eigenvalue weighted by atomic mass is 9.91. The second-order valence-electron chi connectivity index (χ2n) is 4.03. The molecule has 94 valence electrons. The molecule has 0 heterocycles. The van der Waals surface area contributed by atoms with Crippen LogP contribution in [-0.2, 0) is 11.2 Å². The molecule has 3 nitrogen and oxygen atoms in total. The number of fused-ring (bicyclic) bond motifs is 1. The van der Waals surface area contributed by atoms with Crippen LogP contribution in [0.5, 0.6) is 5.75 Å². The Bertz CT molecular complexity index is 544. The van der Waals surface area contributed by atoms with Crippen molar-refractivity contribution < 1.29 is 14.6 Å². The molecule has 1 N–H and O–H groups in total. The molecule has 0 aliphatic heterocycles. The monoisotopic (exact) mass is 264 g/mol. The van der Waals surface area contributed by atoms with E-state index in [1.165, 1.54) is 0 Å². The summed E-state index contributed by atoms with van der Waals surface area (Å²) in [4.78, 5) is 10.5. The van der Waals surface area contributed by atoms with E-state index in [9.17, 15) is 4.79 Å². The smallest absolute Gasteiger partial charge is 0.328 e. The minimum absolute atomic E-state index is 0.622. The van der Waals surface area contributed by atoms with Crippen molar-refractivity contribution in [2.75, 3.05) is 7.11 Å². The van der Waals surface area contributed by atoms with E-state index in [1.807, 2.05) is 18.2 Å². The third-order valence-corrected chi connectivity index (χ3v) is 3.37. The van der Waals surface area contributed by atoms with Gasteiger partial charge < -0.3 is 9.84 Å². The number of methoxy groups -OCH3 is 1. The topological polar surface area (TPSA) is 46.5 Å². The molecule has 0 saturated carbocycles. The maximum Gasteiger partial charge on any atom is 0.328 e. The number of rotatable bonds is 3. The maximum atomic E-state index is 10.5. The first-order valence-corrected chi connectivity index (χ1v) is 5.96. The lowest BCUT2D eigenvalue weighted by Crippen LogP contribution is -2.02. The molecule has 1 aliphatic rings. The van der Waals surface area contributed by atoms with Crippen molar-refractivity contribution in [1.82, 2.24) is 0 Å². The first-order chi connectivity index (χ1) is 8.61. The van der Waals surface area contributed by atoms with Crippen LogP contribution in [0.4, 0.5) is 0 Å². The molecule has 0 bridgehead atoms. The fourth-order valence-electron chi connectivity index (χ4n) is 2.00. The summed E-state index contributed by atoms with van der Waals surface area (Å²) in [5.41, 5.74) is 2.94. The van der Waals surface area contributed by atoms with Gasteiger partial charge in [-0.25, -0.2) is 4.79 Å². The van der Waals surface area contributed by atoms with E-state index >= 15 is 0 Å². The van der Waals surface area contributed by atoms with E-state index in [4.69, 9.17) is 21.4 Å². The van der Waals surface area contributed by atoms with Gasteiger partial charge in [-0.1, -0.05) is 17.7 Å². The zero-order valence-electron chi connectivity index (χ0n) is 9.94. The SMILES string of the molecule is COc1ccc2c(c1)CCC(/C=C/C(=O)O)=C2Cl. The number of hydrogen-bond acceptors (Lipinski definition) is 2.